The van der Waals surface area contributed by atoms with Crippen molar-refractivity contribution in [3.05, 3.63) is 59.4 Å². The van der Waals surface area contributed by atoms with E-state index in [1.807, 2.05) is 12.1 Å². The zero-order chi connectivity index (χ0) is 17.8. The highest BCUT2D eigenvalue weighted by Gasteiger charge is 2.28. The quantitative estimate of drug-likeness (QED) is 0.692. The Kier molecular flexibility index (Phi) is 5.34. The fourth-order valence-corrected chi connectivity index (χ4v) is 3.55. The van der Waals surface area contributed by atoms with Crippen LogP contribution >= 0.6 is 0 Å². The largest absolute Gasteiger partial charge is 0.486 e. The molecule has 0 aliphatic carbocycles. The van der Waals surface area contributed by atoms with E-state index in [2.05, 4.69) is 28.3 Å². The number of ether oxygens (including phenoxy) is 2. The molecule has 2 heterocycles. The molecule has 0 radical (unpaired) electrons. The summed E-state index contributed by atoms with van der Waals surface area (Å²) >= 11 is 0. The van der Waals surface area contributed by atoms with Crippen LogP contribution in [0, 0.1) is 11.7 Å². The molecule has 5 nitrogen and oxygen atoms in total. The van der Waals surface area contributed by atoms with Crippen molar-refractivity contribution in [1.82, 2.24) is 16.2 Å². The molecule has 1 saturated heterocycles. The van der Waals surface area contributed by atoms with Gasteiger partial charge in [-0.25, -0.2) is 9.82 Å². The number of hydrogen-bond acceptors (Lipinski definition) is 5. The Morgan fingerprint density at radius 2 is 1.96 bits per heavy atom. The lowest BCUT2D eigenvalue weighted by Gasteiger charge is -2.23. The van der Waals surface area contributed by atoms with E-state index in [4.69, 9.17) is 9.47 Å². The molecule has 26 heavy (non-hydrogen) atoms. The number of hydrazine groups is 1. The van der Waals surface area contributed by atoms with Crippen LogP contribution in [0.4, 0.5) is 4.39 Å². The van der Waals surface area contributed by atoms with Gasteiger partial charge in [-0.2, -0.15) is 0 Å². The molecule has 1 fully saturated rings. The fourth-order valence-electron chi connectivity index (χ4n) is 3.55. The second-order valence-corrected chi connectivity index (χ2v) is 6.75. The molecule has 0 saturated carbocycles. The van der Waals surface area contributed by atoms with E-state index in [9.17, 15) is 4.39 Å². The summed E-state index contributed by atoms with van der Waals surface area (Å²) in [6.07, 6.45) is 0.819. The van der Waals surface area contributed by atoms with Gasteiger partial charge >= 0.3 is 0 Å². The first kappa shape index (κ1) is 17.3. The van der Waals surface area contributed by atoms with Gasteiger partial charge in [0.05, 0.1) is 6.04 Å². The number of fused-ring (bicyclic) bond motifs is 1. The minimum absolute atomic E-state index is 0.176. The van der Waals surface area contributed by atoms with Gasteiger partial charge in [0.1, 0.15) is 19.0 Å². The predicted molar refractivity (Wildman–Crippen MR) is 97.8 cm³/mol. The van der Waals surface area contributed by atoms with Crippen LogP contribution in [0.5, 0.6) is 11.5 Å². The number of rotatable bonds is 6. The van der Waals surface area contributed by atoms with E-state index < -0.39 is 0 Å². The highest BCUT2D eigenvalue weighted by atomic mass is 19.1. The maximum atomic E-state index is 13.2. The highest BCUT2D eigenvalue weighted by Crippen LogP contribution is 2.35. The fraction of sp³-hybridized carbons (Fsp3) is 0.400. The Bertz CT molecular complexity index is 756. The monoisotopic (exact) mass is 357 g/mol. The SMILES string of the molecule is Fc1cccc(CCNCC2CNNC2c2ccc3c(c2)OCCO3)c1. The maximum absolute atomic E-state index is 13.2. The van der Waals surface area contributed by atoms with Gasteiger partial charge in [-0.1, -0.05) is 18.2 Å². The third-order valence-corrected chi connectivity index (χ3v) is 4.90. The number of halogens is 1. The van der Waals surface area contributed by atoms with Gasteiger partial charge in [0.2, 0.25) is 0 Å². The second-order valence-electron chi connectivity index (χ2n) is 6.75. The summed E-state index contributed by atoms with van der Waals surface area (Å²) in [5.74, 6) is 1.88. The molecular formula is C20H24FN3O2. The summed E-state index contributed by atoms with van der Waals surface area (Å²) < 4.78 is 24.5. The summed E-state index contributed by atoms with van der Waals surface area (Å²) in [5.41, 5.74) is 8.82. The van der Waals surface area contributed by atoms with Gasteiger partial charge in [0, 0.05) is 19.0 Å². The molecule has 2 aromatic carbocycles. The molecule has 138 valence electrons. The molecular weight excluding hydrogens is 333 g/mol. The van der Waals surface area contributed by atoms with Crippen molar-refractivity contribution in [3.63, 3.8) is 0 Å². The van der Waals surface area contributed by atoms with E-state index in [-0.39, 0.29) is 11.9 Å². The molecule has 0 amide bonds. The smallest absolute Gasteiger partial charge is 0.161 e. The summed E-state index contributed by atoms with van der Waals surface area (Å²) in [4.78, 5) is 0. The number of benzene rings is 2. The van der Waals surface area contributed by atoms with Crippen LogP contribution in [0.2, 0.25) is 0 Å². The average molecular weight is 357 g/mol. The van der Waals surface area contributed by atoms with Crippen molar-refractivity contribution >= 4 is 0 Å². The molecule has 3 N–H and O–H groups in total. The van der Waals surface area contributed by atoms with Crippen molar-refractivity contribution in [2.45, 2.75) is 12.5 Å². The molecule has 6 heteroatoms. The van der Waals surface area contributed by atoms with E-state index in [1.54, 1.807) is 12.1 Å². The van der Waals surface area contributed by atoms with Crippen molar-refractivity contribution in [2.75, 3.05) is 32.8 Å². The minimum atomic E-state index is -0.176. The van der Waals surface area contributed by atoms with Crippen molar-refractivity contribution < 1.29 is 13.9 Å². The lowest BCUT2D eigenvalue weighted by Crippen LogP contribution is -2.30. The van der Waals surface area contributed by atoms with Crippen LogP contribution in [0.25, 0.3) is 0 Å². The Morgan fingerprint density at radius 1 is 1.08 bits per heavy atom. The predicted octanol–water partition coefficient (Wildman–Crippen LogP) is 2.19. The van der Waals surface area contributed by atoms with Gasteiger partial charge in [0.15, 0.2) is 11.5 Å². The Morgan fingerprint density at radius 3 is 2.85 bits per heavy atom. The van der Waals surface area contributed by atoms with Gasteiger partial charge in [-0.05, 0) is 48.4 Å². The van der Waals surface area contributed by atoms with Gasteiger partial charge < -0.3 is 14.8 Å². The van der Waals surface area contributed by atoms with Crippen molar-refractivity contribution in [2.24, 2.45) is 5.92 Å². The van der Waals surface area contributed by atoms with Crippen LogP contribution in [-0.2, 0) is 6.42 Å². The van der Waals surface area contributed by atoms with Crippen molar-refractivity contribution in [3.8, 4) is 11.5 Å². The summed E-state index contributed by atoms with van der Waals surface area (Å²) in [6, 6.07) is 13.2. The van der Waals surface area contributed by atoms with E-state index in [0.29, 0.717) is 19.1 Å². The van der Waals surface area contributed by atoms with Crippen LogP contribution in [-0.4, -0.2) is 32.8 Å². The summed E-state index contributed by atoms with van der Waals surface area (Å²) in [5, 5.41) is 3.50. The van der Waals surface area contributed by atoms with Crippen molar-refractivity contribution in [1.29, 1.82) is 0 Å². The maximum Gasteiger partial charge on any atom is 0.161 e. The minimum Gasteiger partial charge on any atom is -0.486 e. The zero-order valence-corrected chi connectivity index (χ0v) is 14.6. The Balaban J connectivity index is 1.32. The lowest BCUT2D eigenvalue weighted by molar-refractivity contribution is 0.171. The molecule has 0 aromatic heterocycles. The lowest BCUT2D eigenvalue weighted by atomic mass is 9.94. The van der Waals surface area contributed by atoms with Crippen LogP contribution in [0.15, 0.2) is 42.5 Å². The molecule has 0 bridgehead atoms. The highest BCUT2D eigenvalue weighted by molar-refractivity contribution is 5.45. The second kappa shape index (κ2) is 8.03. The first-order valence-electron chi connectivity index (χ1n) is 9.13. The third kappa shape index (κ3) is 3.98. The van der Waals surface area contributed by atoms with Crippen LogP contribution in [0.3, 0.4) is 0 Å². The zero-order valence-electron chi connectivity index (χ0n) is 14.6. The van der Waals surface area contributed by atoms with Gasteiger partial charge in [-0.3, -0.25) is 5.43 Å². The van der Waals surface area contributed by atoms with Crippen LogP contribution < -0.4 is 25.6 Å². The normalized spacial score (nSPS) is 21.7. The summed E-state index contributed by atoms with van der Waals surface area (Å²) in [6.45, 7) is 3.81. The molecule has 2 aliphatic rings. The van der Waals surface area contributed by atoms with E-state index in [0.717, 1.165) is 43.1 Å². The molecule has 2 atom stereocenters. The average Bonchev–Trinajstić information content (AvgIpc) is 3.13. The molecule has 0 spiro atoms. The number of nitrogens with one attached hydrogen (secondary N) is 3. The Hall–Kier alpha value is -2.15. The van der Waals surface area contributed by atoms with E-state index in [1.165, 1.54) is 11.6 Å². The van der Waals surface area contributed by atoms with Gasteiger partial charge in [0.25, 0.3) is 0 Å². The topological polar surface area (TPSA) is 54.5 Å². The van der Waals surface area contributed by atoms with E-state index >= 15 is 0 Å². The third-order valence-electron chi connectivity index (χ3n) is 4.90. The van der Waals surface area contributed by atoms with Gasteiger partial charge in [-0.15, -0.1) is 0 Å². The standard InChI is InChI=1S/C20H24FN3O2/c21-17-3-1-2-14(10-17)6-7-22-12-16-13-23-24-20(16)15-4-5-18-19(11-15)26-9-8-25-18/h1-5,10-11,16,20,22-24H,6-9,12-13H2. The summed E-state index contributed by atoms with van der Waals surface area (Å²) in [7, 11) is 0. The number of hydrogen-bond donors (Lipinski definition) is 3. The molecule has 4 rings (SSSR count). The Labute approximate surface area is 152 Å². The molecule has 2 aliphatic heterocycles. The molecule has 2 aromatic rings. The first-order valence-corrected chi connectivity index (χ1v) is 9.13. The molecule has 2 unspecified atom stereocenters. The van der Waals surface area contributed by atoms with Crippen LogP contribution in [0.1, 0.15) is 17.2 Å². The first-order chi connectivity index (χ1) is 12.8.